The number of hydrogen-bond donors (Lipinski definition) is 2. The highest BCUT2D eigenvalue weighted by atomic mass is 19.1. The SMILES string of the molecule is CCOC1CC(O)C12CCN(CC(O)c1ccc(F)cn1)CC2. The van der Waals surface area contributed by atoms with Gasteiger partial charge in [0.05, 0.1) is 24.1 Å². The lowest BCUT2D eigenvalue weighted by atomic mass is 9.58. The molecule has 0 amide bonds. The first kappa shape index (κ1) is 16.8. The van der Waals surface area contributed by atoms with Gasteiger partial charge in [-0.25, -0.2) is 4.39 Å². The molecule has 5 nitrogen and oxygen atoms in total. The highest BCUT2D eigenvalue weighted by Gasteiger charge is 2.55. The molecule has 1 aliphatic heterocycles. The predicted molar refractivity (Wildman–Crippen MR) is 83.3 cm³/mol. The second kappa shape index (κ2) is 6.81. The Morgan fingerprint density at radius 1 is 1.43 bits per heavy atom. The molecule has 23 heavy (non-hydrogen) atoms. The molecule has 3 unspecified atom stereocenters. The Bertz CT molecular complexity index is 515. The van der Waals surface area contributed by atoms with Gasteiger partial charge < -0.3 is 19.8 Å². The number of aliphatic hydroxyl groups is 2. The number of likely N-dealkylation sites (tertiary alicyclic amines) is 1. The second-order valence-corrected chi connectivity index (χ2v) is 6.65. The van der Waals surface area contributed by atoms with Crippen molar-refractivity contribution in [3.8, 4) is 0 Å². The van der Waals surface area contributed by atoms with Crippen LogP contribution in [0.2, 0.25) is 0 Å². The number of nitrogens with zero attached hydrogens (tertiary/aromatic N) is 2. The summed E-state index contributed by atoms with van der Waals surface area (Å²) in [7, 11) is 0. The van der Waals surface area contributed by atoms with Gasteiger partial charge in [0.15, 0.2) is 0 Å². The fourth-order valence-electron chi connectivity index (χ4n) is 3.89. The molecule has 1 aliphatic carbocycles. The minimum atomic E-state index is -0.723. The quantitative estimate of drug-likeness (QED) is 0.859. The van der Waals surface area contributed by atoms with E-state index < -0.39 is 11.9 Å². The van der Waals surface area contributed by atoms with Crippen molar-refractivity contribution < 1.29 is 19.3 Å². The summed E-state index contributed by atoms with van der Waals surface area (Å²) in [5, 5.41) is 20.5. The van der Waals surface area contributed by atoms with Crippen LogP contribution in [0.1, 0.15) is 38.0 Å². The van der Waals surface area contributed by atoms with E-state index in [-0.39, 0.29) is 17.6 Å². The monoisotopic (exact) mass is 324 g/mol. The van der Waals surface area contributed by atoms with E-state index in [1.165, 1.54) is 12.1 Å². The molecule has 0 bridgehead atoms. The number of piperidine rings is 1. The summed E-state index contributed by atoms with van der Waals surface area (Å²) in [5.41, 5.74) is 0.383. The zero-order valence-electron chi connectivity index (χ0n) is 13.5. The first-order chi connectivity index (χ1) is 11.0. The van der Waals surface area contributed by atoms with Crippen molar-refractivity contribution in [2.24, 2.45) is 5.41 Å². The Hall–Kier alpha value is -1.08. The van der Waals surface area contributed by atoms with E-state index in [0.717, 1.165) is 38.5 Å². The normalized spacial score (nSPS) is 28.5. The number of halogens is 1. The Balaban J connectivity index is 1.54. The Morgan fingerprint density at radius 2 is 2.17 bits per heavy atom. The molecule has 2 N–H and O–H groups in total. The highest BCUT2D eigenvalue weighted by Crippen LogP contribution is 2.51. The summed E-state index contributed by atoms with van der Waals surface area (Å²) in [6, 6.07) is 2.83. The topological polar surface area (TPSA) is 65.8 Å². The molecule has 1 saturated carbocycles. The molecule has 3 rings (SSSR count). The highest BCUT2D eigenvalue weighted by molar-refractivity contribution is 5.10. The van der Waals surface area contributed by atoms with E-state index in [1.807, 2.05) is 6.92 Å². The molecule has 2 fully saturated rings. The van der Waals surface area contributed by atoms with E-state index in [2.05, 4.69) is 9.88 Å². The fraction of sp³-hybridized carbons (Fsp3) is 0.706. The number of aromatic nitrogens is 1. The summed E-state index contributed by atoms with van der Waals surface area (Å²) in [6.45, 7) is 4.78. The third-order valence-electron chi connectivity index (χ3n) is 5.42. The zero-order chi connectivity index (χ0) is 16.4. The molecule has 1 spiro atoms. The molecule has 3 atom stereocenters. The van der Waals surface area contributed by atoms with Crippen LogP contribution >= 0.6 is 0 Å². The summed E-state index contributed by atoms with van der Waals surface area (Å²) >= 11 is 0. The second-order valence-electron chi connectivity index (χ2n) is 6.65. The standard InChI is InChI=1S/C17H25FN2O3/c1-2-23-16-9-15(22)17(16)5-7-20(8-6-17)11-14(21)13-4-3-12(18)10-19-13/h3-4,10,14-16,21-22H,2,5-9,11H2,1H3. The number of ether oxygens (including phenoxy) is 1. The van der Waals surface area contributed by atoms with Crippen LogP contribution in [0.5, 0.6) is 0 Å². The van der Waals surface area contributed by atoms with E-state index in [9.17, 15) is 14.6 Å². The number of β-amino-alcohol motifs (C(OH)–C–C–N with tert-alkyl or cyclic N) is 1. The van der Waals surface area contributed by atoms with Gasteiger partial charge in [0.2, 0.25) is 0 Å². The van der Waals surface area contributed by atoms with E-state index in [0.29, 0.717) is 18.8 Å². The molecule has 1 saturated heterocycles. The summed E-state index contributed by atoms with van der Waals surface area (Å²) in [6.07, 6.45) is 2.78. The minimum Gasteiger partial charge on any atom is -0.392 e. The number of rotatable bonds is 5. The first-order valence-electron chi connectivity index (χ1n) is 8.36. The van der Waals surface area contributed by atoms with Crippen molar-refractivity contribution >= 4 is 0 Å². The lowest BCUT2D eigenvalue weighted by Gasteiger charge is -2.56. The van der Waals surface area contributed by atoms with Gasteiger partial charge >= 0.3 is 0 Å². The van der Waals surface area contributed by atoms with E-state index in [4.69, 9.17) is 4.74 Å². The molecule has 1 aromatic rings. The molecule has 6 heteroatoms. The maximum absolute atomic E-state index is 12.9. The summed E-state index contributed by atoms with van der Waals surface area (Å²) in [4.78, 5) is 6.11. The van der Waals surface area contributed by atoms with Gasteiger partial charge in [0.1, 0.15) is 11.9 Å². The minimum absolute atomic E-state index is 0.106. The van der Waals surface area contributed by atoms with Crippen LogP contribution in [0.4, 0.5) is 4.39 Å². The smallest absolute Gasteiger partial charge is 0.141 e. The fourth-order valence-corrected chi connectivity index (χ4v) is 3.89. The number of pyridine rings is 1. The van der Waals surface area contributed by atoms with Crippen LogP contribution in [0.15, 0.2) is 18.3 Å². The van der Waals surface area contributed by atoms with Crippen molar-refractivity contribution in [1.82, 2.24) is 9.88 Å². The largest absolute Gasteiger partial charge is 0.392 e. The lowest BCUT2D eigenvalue weighted by Crippen LogP contribution is -2.62. The predicted octanol–water partition coefficient (Wildman–Crippen LogP) is 1.51. The first-order valence-corrected chi connectivity index (χ1v) is 8.36. The summed E-state index contributed by atoms with van der Waals surface area (Å²) in [5.74, 6) is -0.401. The van der Waals surface area contributed by atoms with Gasteiger partial charge in [-0.1, -0.05) is 0 Å². The molecule has 1 aromatic heterocycles. The number of aliphatic hydroxyl groups excluding tert-OH is 2. The third kappa shape index (κ3) is 3.26. The molecule has 2 heterocycles. The van der Waals surface area contributed by atoms with Gasteiger partial charge in [0.25, 0.3) is 0 Å². The van der Waals surface area contributed by atoms with Crippen molar-refractivity contribution in [2.45, 2.75) is 44.5 Å². The van der Waals surface area contributed by atoms with Crippen LogP contribution in [0, 0.1) is 11.2 Å². The van der Waals surface area contributed by atoms with Crippen molar-refractivity contribution in [3.05, 3.63) is 29.8 Å². The zero-order valence-corrected chi connectivity index (χ0v) is 13.5. The van der Waals surface area contributed by atoms with Gasteiger partial charge in [-0.3, -0.25) is 4.98 Å². The molecular weight excluding hydrogens is 299 g/mol. The van der Waals surface area contributed by atoms with E-state index >= 15 is 0 Å². The molecule has 2 aliphatic rings. The van der Waals surface area contributed by atoms with Gasteiger partial charge in [-0.2, -0.15) is 0 Å². The lowest BCUT2D eigenvalue weighted by molar-refractivity contribution is -0.210. The summed E-state index contributed by atoms with van der Waals surface area (Å²) < 4.78 is 18.7. The van der Waals surface area contributed by atoms with Crippen LogP contribution in [0.3, 0.4) is 0 Å². The van der Waals surface area contributed by atoms with Crippen LogP contribution in [-0.2, 0) is 4.74 Å². The Morgan fingerprint density at radius 3 is 2.74 bits per heavy atom. The van der Waals surface area contributed by atoms with Crippen LogP contribution in [0.25, 0.3) is 0 Å². The maximum Gasteiger partial charge on any atom is 0.141 e. The Kier molecular flexibility index (Phi) is 4.96. The van der Waals surface area contributed by atoms with Gasteiger partial charge in [0, 0.05) is 25.0 Å². The average molecular weight is 324 g/mol. The molecule has 0 radical (unpaired) electrons. The van der Waals surface area contributed by atoms with Crippen molar-refractivity contribution in [2.75, 3.05) is 26.2 Å². The van der Waals surface area contributed by atoms with E-state index in [1.54, 1.807) is 0 Å². The third-order valence-corrected chi connectivity index (χ3v) is 5.42. The molecule has 128 valence electrons. The number of hydrogen-bond acceptors (Lipinski definition) is 5. The maximum atomic E-state index is 12.9. The molecular formula is C17H25FN2O3. The average Bonchev–Trinajstić information content (AvgIpc) is 2.56. The van der Waals surface area contributed by atoms with Gasteiger partial charge in [-0.05, 0) is 45.0 Å². The van der Waals surface area contributed by atoms with Crippen LogP contribution < -0.4 is 0 Å². The van der Waals surface area contributed by atoms with Crippen molar-refractivity contribution in [3.63, 3.8) is 0 Å². The van der Waals surface area contributed by atoms with Gasteiger partial charge in [-0.15, -0.1) is 0 Å². The van der Waals surface area contributed by atoms with Crippen LogP contribution in [-0.4, -0.2) is 58.5 Å². The Labute approximate surface area is 136 Å². The molecule has 0 aromatic carbocycles. The van der Waals surface area contributed by atoms with Crippen molar-refractivity contribution in [1.29, 1.82) is 0 Å².